The SMILES string of the molecule is CCCCN.CN.C[C@@H]1C/C=C/C=C/C=C/C=C/[C@H](OC2O[C@H](C)[C@@H](O)[C@H](N(C)C)[C@@H]2O)C[C@@H]2O[C@](O)(C[C@@H](O)C[C@H]3O[C@@H]3/C=C/C(=O)O1)C[C@H](O)[C@H]2C(=O)O. The van der Waals surface area contributed by atoms with E-state index in [2.05, 4.69) is 12.7 Å². The molecule has 16 heteroatoms. The lowest BCUT2D eigenvalue weighted by Crippen LogP contribution is -2.62. The second-order valence-electron chi connectivity index (χ2n) is 14.6. The molecule has 0 radical (unpaired) electrons. The van der Waals surface area contributed by atoms with Crippen LogP contribution in [0.2, 0.25) is 0 Å². The highest BCUT2D eigenvalue weighted by Crippen LogP contribution is 2.39. The van der Waals surface area contributed by atoms with Gasteiger partial charge >= 0.3 is 11.9 Å². The fourth-order valence-electron chi connectivity index (χ4n) is 6.76. The van der Waals surface area contributed by atoms with E-state index in [1.54, 1.807) is 75.4 Å². The van der Waals surface area contributed by atoms with Crippen LogP contribution in [0.15, 0.2) is 60.8 Å². The Morgan fingerprint density at radius 1 is 0.946 bits per heavy atom. The first-order chi connectivity index (χ1) is 26.6. The Kier molecular flexibility index (Phi) is 21.9. The van der Waals surface area contributed by atoms with Crippen molar-refractivity contribution < 1.29 is 63.9 Å². The van der Waals surface area contributed by atoms with Gasteiger partial charge in [0.05, 0.1) is 48.8 Å². The molecule has 3 saturated heterocycles. The maximum atomic E-state index is 12.3. The molecule has 14 atom stereocenters. The largest absolute Gasteiger partial charge is 0.481 e. The number of carboxylic acid groups (broad SMARTS) is 1. The van der Waals surface area contributed by atoms with Gasteiger partial charge < -0.3 is 70.7 Å². The molecule has 0 aromatic heterocycles. The third kappa shape index (κ3) is 16.2. The summed E-state index contributed by atoms with van der Waals surface area (Å²) in [7, 11) is 4.91. The molecule has 320 valence electrons. The highest BCUT2D eigenvalue weighted by atomic mass is 16.7. The van der Waals surface area contributed by atoms with Gasteiger partial charge in [-0.25, -0.2) is 4.79 Å². The van der Waals surface area contributed by atoms with Crippen molar-refractivity contribution in [3.8, 4) is 0 Å². The molecule has 4 aliphatic heterocycles. The van der Waals surface area contributed by atoms with Crippen LogP contribution in [0.3, 0.4) is 0 Å². The smallest absolute Gasteiger partial charge is 0.330 e. The van der Waals surface area contributed by atoms with Crippen molar-refractivity contribution in [1.82, 2.24) is 4.90 Å². The van der Waals surface area contributed by atoms with Crippen molar-refractivity contribution in [2.45, 2.75) is 145 Å². The number of cyclic esters (lactones) is 1. The van der Waals surface area contributed by atoms with E-state index in [1.165, 1.54) is 26.0 Å². The molecule has 1 unspecified atom stereocenters. The van der Waals surface area contributed by atoms with E-state index < -0.39 is 97.3 Å². The minimum Gasteiger partial charge on any atom is -0.481 e. The summed E-state index contributed by atoms with van der Waals surface area (Å²) in [5, 5.41) is 65.1. The number of carbonyl (C=O) groups excluding carboxylic acids is 1. The van der Waals surface area contributed by atoms with Crippen LogP contribution in [0.4, 0.5) is 0 Å². The summed E-state index contributed by atoms with van der Waals surface area (Å²) in [6.45, 7) is 6.40. The zero-order chi connectivity index (χ0) is 42.0. The number of nitrogens with zero attached hydrogens (tertiary/aromatic N) is 1. The van der Waals surface area contributed by atoms with Crippen LogP contribution in [-0.4, -0.2) is 154 Å². The number of ether oxygens (including phenoxy) is 5. The van der Waals surface area contributed by atoms with Crippen molar-refractivity contribution in [2.24, 2.45) is 17.4 Å². The first kappa shape index (κ1) is 49.3. The standard InChI is InChI=1S/C35H51NO13.C4H11N.CH5N/c1-20-12-10-8-6-5-7-9-11-13-23(47-34-32(41)30(36(3)4)31(40)21(2)46-34)17-27-29(33(42)43)24(38)19-35(44,49-27)18-22(37)16-26-25(48-26)14-15-28(39)45-20;1-2-3-4-5;1-2/h5-11,13-15,20-27,29-32,34,37-38,40-41,44H,12,16-19H2,1-4H3,(H,42,43);2-5H2,1H3;2H2,1H3/b6-5+,9-7+,10-8+,13-11+,15-14+;;/t20-,21-,22+,23+,24+,25-,26-,27+,29-,30+,31-,32+,34?,35-;;/m1../s1. The Hall–Kier alpha value is -2.84. The summed E-state index contributed by atoms with van der Waals surface area (Å²) in [4.78, 5) is 26.2. The van der Waals surface area contributed by atoms with Crippen molar-refractivity contribution in [3.63, 3.8) is 0 Å². The Morgan fingerprint density at radius 2 is 1.61 bits per heavy atom. The number of rotatable bonds is 6. The summed E-state index contributed by atoms with van der Waals surface area (Å²) in [6.07, 6.45) is 8.37. The lowest BCUT2D eigenvalue weighted by atomic mass is 9.83. The third-order valence-corrected chi connectivity index (χ3v) is 9.64. The van der Waals surface area contributed by atoms with Gasteiger partial charge in [-0.15, -0.1) is 0 Å². The lowest BCUT2D eigenvalue weighted by molar-refractivity contribution is -0.311. The van der Waals surface area contributed by atoms with Gasteiger partial charge in [-0.05, 0) is 54.0 Å². The summed E-state index contributed by atoms with van der Waals surface area (Å²) in [6, 6.07) is -0.725. The molecule has 0 spiro atoms. The van der Waals surface area contributed by atoms with Crippen LogP contribution in [0.1, 0.15) is 65.7 Å². The molecule has 4 rings (SSSR count). The minimum absolute atomic E-state index is 0.0857. The van der Waals surface area contributed by atoms with Gasteiger partial charge in [0.15, 0.2) is 12.1 Å². The average Bonchev–Trinajstić information content (AvgIpc) is 3.86. The number of esters is 1. The normalized spacial score (nSPS) is 41.0. The van der Waals surface area contributed by atoms with Crippen LogP contribution >= 0.6 is 0 Å². The number of hydrogen-bond donors (Lipinski definition) is 8. The fraction of sp³-hybridized carbons (Fsp3) is 0.700. The molecule has 10 N–H and O–H groups in total. The monoisotopic (exact) mass is 797 g/mol. The number of carbonyl (C=O) groups is 2. The number of carboxylic acids is 1. The molecule has 3 fully saturated rings. The first-order valence-corrected chi connectivity index (χ1v) is 19.4. The molecule has 0 aromatic carbocycles. The maximum absolute atomic E-state index is 12.3. The number of epoxide rings is 1. The molecule has 0 aromatic rings. The Bertz CT molecular complexity index is 1320. The molecule has 56 heavy (non-hydrogen) atoms. The molecule has 16 nitrogen and oxygen atoms in total. The van der Waals surface area contributed by atoms with Crippen LogP contribution in [-0.2, 0) is 33.3 Å². The minimum atomic E-state index is -2.09. The number of hydrogen-bond acceptors (Lipinski definition) is 15. The number of aliphatic carboxylic acids is 1. The summed E-state index contributed by atoms with van der Waals surface area (Å²) in [5.74, 6) is -5.41. The van der Waals surface area contributed by atoms with Gasteiger partial charge in [0.1, 0.15) is 24.2 Å². The Balaban J connectivity index is 0.00000143. The topological polar surface area (TPSA) is 260 Å². The van der Waals surface area contributed by atoms with Gasteiger partial charge in [0.25, 0.3) is 0 Å². The number of aliphatic hydroxyl groups is 5. The molecule has 0 amide bonds. The number of unbranched alkanes of at least 4 members (excludes halogenated alkanes) is 1. The zero-order valence-electron chi connectivity index (χ0n) is 33.6. The van der Waals surface area contributed by atoms with Crippen molar-refractivity contribution in [1.29, 1.82) is 0 Å². The van der Waals surface area contributed by atoms with E-state index in [-0.39, 0.29) is 25.4 Å². The number of allylic oxidation sites excluding steroid dienone is 6. The number of aliphatic hydroxyl groups excluding tert-OH is 4. The van der Waals surface area contributed by atoms with Gasteiger partial charge in [-0.1, -0.05) is 62.0 Å². The molecular weight excluding hydrogens is 730 g/mol. The van der Waals surface area contributed by atoms with E-state index in [1.807, 2.05) is 12.2 Å². The predicted molar refractivity (Wildman–Crippen MR) is 209 cm³/mol. The number of fused-ring (bicyclic) bond motifs is 3. The fourth-order valence-corrected chi connectivity index (χ4v) is 6.76. The van der Waals surface area contributed by atoms with Gasteiger partial charge in [-0.2, -0.15) is 0 Å². The van der Waals surface area contributed by atoms with Gasteiger partial charge in [0.2, 0.25) is 0 Å². The molecule has 0 aliphatic carbocycles. The highest BCUT2D eigenvalue weighted by molar-refractivity contribution is 5.82. The third-order valence-electron chi connectivity index (χ3n) is 9.64. The van der Waals surface area contributed by atoms with Crippen LogP contribution in [0.25, 0.3) is 0 Å². The van der Waals surface area contributed by atoms with Crippen molar-refractivity contribution in [3.05, 3.63) is 60.8 Å². The maximum Gasteiger partial charge on any atom is 0.330 e. The highest BCUT2D eigenvalue weighted by Gasteiger charge is 2.51. The van der Waals surface area contributed by atoms with E-state index in [0.29, 0.717) is 6.42 Å². The van der Waals surface area contributed by atoms with Crippen LogP contribution < -0.4 is 11.5 Å². The Morgan fingerprint density at radius 3 is 2.21 bits per heavy atom. The lowest BCUT2D eigenvalue weighted by Gasteiger charge is -2.46. The van der Waals surface area contributed by atoms with Crippen molar-refractivity contribution >= 4 is 11.9 Å². The molecule has 2 bridgehead atoms. The quantitative estimate of drug-likeness (QED) is 0.138. The Labute approximate surface area is 331 Å². The molecule has 4 aliphatic rings. The van der Waals surface area contributed by atoms with E-state index in [4.69, 9.17) is 29.4 Å². The summed E-state index contributed by atoms with van der Waals surface area (Å²) >= 11 is 0. The van der Waals surface area contributed by atoms with Crippen LogP contribution in [0, 0.1) is 5.92 Å². The predicted octanol–water partition coefficient (Wildman–Crippen LogP) is 1.04. The summed E-state index contributed by atoms with van der Waals surface area (Å²) in [5.41, 5.74) is 9.64. The second-order valence-corrected chi connectivity index (χ2v) is 14.6. The van der Waals surface area contributed by atoms with E-state index >= 15 is 0 Å². The van der Waals surface area contributed by atoms with E-state index in [9.17, 15) is 40.2 Å². The van der Waals surface area contributed by atoms with Gasteiger partial charge in [-0.3, -0.25) is 4.79 Å². The molecule has 4 heterocycles. The molecular formula is C40H67N3O13. The number of nitrogens with two attached hydrogens (primary N) is 2. The number of likely N-dealkylation sites (N-methyl/N-ethyl adjacent to an activating group) is 1. The first-order valence-electron chi connectivity index (χ1n) is 19.4. The van der Waals surface area contributed by atoms with Crippen molar-refractivity contribution in [2.75, 3.05) is 27.7 Å². The second kappa shape index (κ2) is 24.8. The van der Waals surface area contributed by atoms with Crippen LogP contribution in [0.5, 0.6) is 0 Å². The zero-order valence-corrected chi connectivity index (χ0v) is 33.6. The summed E-state index contributed by atoms with van der Waals surface area (Å²) < 4.78 is 28.9. The average molecular weight is 798 g/mol. The van der Waals surface area contributed by atoms with Gasteiger partial charge in [0, 0.05) is 38.2 Å². The van der Waals surface area contributed by atoms with E-state index in [0.717, 1.165) is 6.54 Å². The molecule has 0 saturated carbocycles.